The van der Waals surface area contributed by atoms with Crippen molar-refractivity contribution in [2.45, 2.75) is 19.4 Å². The normalized spacial score (nSPS) is 12.4. The molecule has 0 saturated heterocycles. The Hall–Kier alpha value is -1.37. The first-order chi connectivity index (χ1) is 9.10. The smallest absolute Gasteiger partial charge is 0.127 e. The van der Waals surface area contributed by atoms with Gasteiger partial charge in [-0.15, -0.1) is 0 Å². The Morgan fingerprint density at radius 2 is 2.21 bits per heavy atom. The number of nitrogens with two attached hydrogens (primary N) is 1. The Morgan fingerprint density at radius 1 is 1.42 bits per heavy atom. The molecule has 1 aromatic heterocycles. The average Bonchev–Trinajstić information content (AvgIpc) is 2.38. The summed E-state index contributed by atoms with van der Waals surface area (Å²) in [6, 6.07) is 6.50. The maximum Gasteiger partial charge on any atom is 0.127 e. The van der Waals surface area contributed by atoms with Crippen molar-refractivity contribution in [3.8, 4) is 0 Å². The zero-order valence-electron chi connectivity index (χ0n) is 10.4. The molecule has 0 aliphatic rings. The molecule has 2 rings (SSSR count). The lowest BCUT2D eigenvalue weighted by Gasteiger charge is -2.16. The summed E-state index contributed by atoms with van der Waals surface area (Å²) < 4.78 is 14.5. The largest absolute Gasteiger partial charge is 0.271 e. The van der Waals surface area contributed by atoms with Gasteiger partial charge in [-0.2, -0.15) is 0 Å². The van der Waals surface area contributed by atoms with Crippen molar-refractivity contribution in [1.29, 1.82) is 0 Å². The van der Waals surface area contributed by atoms with E-state index in [0.717, 1.165) is 5.69 Å². The van der Waals surface area contributed by atoms with Gasteiger partial charge in [0.15, 0.2) is 0 Å². The minimum absolute atomic E-state index is 0.252. The van der Waals surface area contributed by atoms with E-state index in [2.05, 4.69) is 31.3 Å². The molecule has 0 amide bonds. The number of aromatic nitrogens is 2. The second-order valence-electron chi connectivity index (χ2n) is 4.19. The van der Waals surface area contributed by atoms with Crippen LogP contribution in [0.3, 0.4) is 0 Å². The monoisotopic (exact) mass is 324 g/mol. The number of nitrogens with zero attached hydrogens (tertiary/aromatic N) is 2. The number of hydrazine groups is 1. The molecule has 1 aromatic carbocycles. The first-order valence-corrected chi connectivity index (χ1v) is 6.59. The molecule has 0 bridgehead atoms. The zero-order valence-corrected chi connectivity index (χ0v) is 12.0. The third-order valence-corrected chi connectivity index (χ3v) is 3.29. The van der Waals surface area contributed by atoms with Crippen LogP contribution < -0.4 is 11.3 Å². The lowest BCUT2D eigenvalue weighted by atomic mass is 10.0. The number of aryl methyl sites for hydroxylation is 1. The van der Waals surface area contributed by atoms with Gasteiger partial charge in [0, 0.05) is 10.7 Å². The van der Waals surface area contributed by atoms with Crippen molar-refractivity contribution in [2.24, 2.45) is 5.84 Å². The van der Waals surface area contributed by atoms with E-state index in [4.69, 9.17) is 5.84 Å². The van der Waals surface area contributed by atoms with E-state index in [0.29, 0.717) is 22.3 Å². The molecule has 0 spiro atoms. The van der Waals surface area contributed by atoms with Crippen LogP contribution in [0.5, 0.6) is 0 Å². The van der Waals surface area contributed by atoms with Crippen LogP contribution in [0.1, 0.15) is 23.1 Å². The Balaban J connectivity index is 2.24. The topological polar surface area (TPSA) is 63.8 Å². The lowest BCUT2D eigenvalue weighted by Crippen LogP contribution is -2.30. The molecular formula is C13H14BrFN4. The molecule has 0 aliphatic heterocycles. The third kappa shape index (κ3) is 3.56. The van der Waals surface area contributed by atoms with Gasteiger partial charge >= 0.3 is 0 Å². The van der Waals surface area contributed by atoms with Crippen molar-refractivity contribution in [3.05, 3.63) is 57.8 Å². The Morgan fingerprint density at radius 3 is 2.84 bits per heavy atom. The number of rotatable bonds is 4. The quantitative estimate of drug-likeness (QED) is 0.669. The highest BCUT2D eigenvalue weighted by Crippen LogP contribution is 2.21. The van der Waals surface area contributed by atoms with E-state index in [9.17, 15) is 4.39 Å². The molecule has 0 saturated carbocycles. The Labute approximate surface area is 119 Å². The second-order valence-corrected chi connectivity index (χ2v) is 5.10. The first kappa shape index (κ1) is 14.0. The first-order valence-electron chi connectivity index (χ1n) is 5.79. The van der Waals surface area contributed by atoms with Crippen LogP contribution in [0.25, 0.3) is 0 Å². The van der Waals surface area contributed by atoms with Gasteiger partial charge in [-0.25, -0.2) is 14.4 Å². The van der Waals surface area contributed by atoms with Gasteiger partial charge in [-0.1, -0.05) is 22.0 Å². The lowest BCUT2D eigenvalue weighted by molar-refractivity contribution is 0.516. The van der Waals surface area contributed by atoms with E-state index in [-0.39, 0.29) is 11.9 Å². The Bertz CT molecular complexity index is 576. The number of hydrogen-bond acceptors (Lipinski definition) is 4. The van der Waals surface area contributed by atoms with Crippen LogP contribution in [0.2, 0.25) is 0 Å². The van der Waals surface area contributed by atoms with Gasteiger partial charge in [-0.05, 0) is 37.1 Å². The molecule has 0 aliphatic carbocycles. The van der Waals surface area contributed by atoms with Gasteiger partial charge in [0.2, 0.25) is 0 Å². The highest BCUT2D eigenvalue weighted by Gasteiger charge is 2.15. The third-order valence-electron chi connectivity index (χ3n) is 2.79. The average molecular weight is 325 g/mol. The maximum absolute atomic E-state index is 13.8. The van der Waals surface area contributed by atoms with Crippen LogP contribution in [-0.4, -0.2) is 9.97 Å². The Kier molecular flexibility index (Phi) is 4.57. The number of nitrogens with one attached hydrogen (secondary N) is 1. The minimum Gasteiger partial charge on any atom is -0.271 e. The van der Waals surface area contributed by atoms with Gasteiger partial charge in [0.25, 0.3) is 0 Å². The summed E-state index contributed by atoms with van der Waals surface area (Å²) in [5.41, 5.74) is 4.00. The zero-order chi connectivity index (χ0) is 13.8. The summed E-state index contributed by atoms with van der Waals surface area (Å²) in [7, 11) is 0. The van der Waals surface area contributed by atoms with Crippen molar-refractivity contribution >= 4 is 15.9 Å². The number of hydrogen-bond donors (Lipinski definition) is 2. The molecule has 1 atom stereocenters. The molecule has 0 fully saturated rings. The highest BCUT2D eigenvalue weighted by molar-refractivity contribution is 9.10. The summed E-state index contributed by atoms with van der Waals surface area (Å²) >= 11 is 3.23. The van der Waals surface area contributed by atoms with Gasteiger partial charge in [-0.3, -0.25) is 11.3 Å². The molecule has 3 N–H and O–H groups in total. The van der Waals surface area contributed by atoms with Gasteiger partial charge in [0.05, 0.1) is 11.7 Å². The predicted octanol–water partition coefficient (Wildman–Crippen LogP) is 2.43. The molecule has 100 valence electrons. The second kappa shape index (κ2) is 6.18. The summed E-state index contributed by atoms with van der Waals surface area (Å²) in [5, 5.41) is 0. The van der Waals surface area contributed by atoms with Crippen LogP contribution in [0, 0.1) is 12.7 Å². The minimum atomic E-state index is -0.264. The molecule has 0 radical (unpaired) electrons. The SMILES string of the molecule is Cc1nccc(C(Cc2ccc(Br)cc2F)NN)n1. The van der Waals surface area contributed by atoms with Gasteiger partial charge < -0.3 is 0 Å². The van der Waals surface area contributed by atoms with Gasteiger partial charge in [0.1, 0.15) is 11.6 Å². The summed E-state index contributed by atoms with van der Waals surface area (Å²) in [5.74, 6) is 5.94. The van der Waals surface area contributed by atoms with Crippen LogP contribution >= 0.6 is 15.9 Å². The fourth-order valence-corrected chi connectivity index (χ4v) is 2.16. The molecule has 19 heavy (non-hydrogen) atoms. The van der Waals surface area contributed by atoms with E-state index < -0.39 is 0 Å². The van der Waals surface area contributed by atoms with Crippen molar-refractivity contribution in [1.82, 2.24) is 15.4 Å². The molecule has 2 aromatic rings. The molecule has 6 heteroatoms. The maximum atomic E-state index is 13.8. The summed E-state index contributed by atoms with van der Waals surface area (Å²) in [4.78, 5) is 8.34. The standard InChI is InChI=1S/C13H14BrFN4/c1-8-17-5-4-12(18-8)13(19-16)6-9-2-3-10(14)7-11(9)15/h2-5,7,13,19H,6,16H2,1H3. The van der Waals surface area contributed by atoms with Crippen molar-refractivity contribution in [3.63, 3.8) is 0 Å². The van der Waals surface area contributed by atoms with Crippen LogP contribution in [0.4, 0.5) is 4.39 Å². The van der Waals surface area contributed by atoms with E-state index in [1.165, 1.54) is 6.07 Å². The van der Waals surface area contributed by atoms with E-state index in [1.54, 1.807) is 31.3 Å². The fourth-order valence-electron chi connectivity index (χ4n) is 1.82. The molecule has 1 heterocycles. The molecule has 4 nitrogen and oxygen atoms in total. The van der Waals surface area contributed by atoms with Crippen LogP contribution in [-0.2, 0) is 6.42 Å². The predicted molar refractivity (Wildman–Crippen MR) is 74.6 cm³/mol. The number of benzene rings is 1. The van der Waals surface area contributed by atoms with Crippen molar-refractivity contribution in [2.75, 3.05) is 0 Å². The van der Waals surface area contributed by atoms with E-state index in [1.807, 2.05) is 0 Å². The summed E-state index contributed by atoms with van der Waals surface area (Å²) in [6.07, 6.45) is 2.09. The van der Waals surface area contributed by atoms with E-state index >= 15 is 0 Å². The molecular weight excluding hydrogens is 311 g/mol. The van der Waals surface area contributed by atoms with Crippen LogP contribution in [0.15, 0.2) is 34.9 Å². The highest BCUT2D eigenvalue weighted by atomic mass is 79.9. The van der Waals surface area contributed by atoms with Crippen molar-refractivity contribution < 1.29 is 4.39 Å². The fraction of sp³-hybridized carbons (Fsp3) is 0.231. The molecule has 1 unspecified atom stereocenters. The summed E-state index contributed by atoms with van der Waals surface area (Å²) in [6.45, 7) is 1.80. The number of halogens is 2.